The molecule has 0 saturated carbocycles. The molecular weight excluding hydrogens is 316 g/mol. The van der Waals surface area contributed by atoms with Gasteiger partial charge in [-0.1, -0.05) is 26.7 Å². The fourth-order valence-electron chi connectivity index (χ4n) is 3.76. The first kappa shape index (κ1) is 19.5. The molecule has 1 heterocycles. The molecule has 4 heteroatoms. The molecule has 1 amide bonds. The summed E-state index contributed by atoms with van der Waals surface area (Å²) in [6, 6.07) is 2.16. The number of nitrogens with one attached hydrogen (secondary N) is 1. The van der Waals surface area contributed by atoms with Gasteiger partial charge in [-0.05, 0) is 69.7 Å². The van der Waals surface area contributed by atoms with Crippen molar-refractivity contribution in [2.24, 2.45) is 5.41 Å². The Hall–Kier alpha value is -0.870. The van der Waals surface area contributed by atoms with Crippen molar-refractivity contribution in [2.75, 3.05) is 27.2 Å². The van der Waals surface area contributed by atoms with Gasteiger partial charge in [0.05, 0.1) is 4.88 Å². The molecule has 0 radical (unpaired) electrons. The number of hydrogen-bond donors (Lipinski definition) is 1. The van der Waals surface area contributed by atoms with Gasteiger partial charge in [-0.25, -0.2) is 0 Å². The maximum Gasteiger partial charge on any atom is 0.261 e. The number of carbonyl (C=O) groups excluding carboxylic acids is 1. The molecule has 0 saturated heterocycles. The first-order chi connectivity index (χ1) is 11.5. The second-order valence-electron chi connectivity index (χ2n) is 7.60. The molecule has 1 aromatic heterocycles. The van der Waals surface area contributed by atoms with Crippen molar-refractivity contribution in [1.82, 2.24) is 10.2 Å². The summed E-state index contributed by atoms with van der Waals surface area (Å²) in [5.41, 5.74) is 1.60. The van der Waals surface area contributed by atoms with Gasteiger partial charge in [0, 0.05) is 18.0 Å². The number of amides is 1. The van der Waals surface area contributed by atoms with Crippen LogP contribution in [0.5, 0.6) is 0 Å². The topological polar surface area (TPSA) is 32.3 Å². The van der Waals surface area contributed by atoms with Crippen molar-refractivity contribution in [3.8, 4) is 0 Å². The van der Waals surface area contributed by atoms with Crippen LogP contribution in [0.3, 0.4) is 0 Å². The summed E-state index contributed by atoms with van der Waals surface area (Å²) < 4.78 is 0. The molecule has 0 bridgehead atoms. The van der Waals surface area contributed by atoms with Gasteiger partial charge in [-0.3, -0.25) is 4.79 Å². The van der Waals surface area contributed by atoms with Crippen LogP contribution in [0, 0.1) is 5.41 Å². The molecule has 1 aliphatic carbocycles. The average molecular weight is 351 g/mol. The van der Waals surface area contributed by atoms with E-state index in [1.807, 2.05) is 0 Å². The lowest BCUT2D eigenvalue weighted by atomic mass is 9.81. The molecule has 0 spiro atoms. The van der Waals surface area contributed by atoms with E-state index in [9.17, 15) is 4.79 Å². The molecule has 3 nitrogen and oxygen atoms in total. The molecule has 1 N–H and O–H groups in total. The van der Waals surface area contributed by atoms with E-state index in [4.69, 9.17) is 0 Å². The monoisotopic (exact) mass is 350 g/mol. The Kier molecular flexibility index (Phi) is 7.30. The fraction of sp³-hybridized carbons (Fsp3) is 0.750. The van der Waals surface area contributed by atoms with E-state index >= 15 is 0 Å². The Morgan fingerprint density at radius 1 is 1.17 bits per heavy atom. The first-order valence-electron chi connectivity index (χ1n) is 9.54. The third-order valence-electron chi connectivity index (χ3n) is 5.50. The smallest absolute Gasteiger partial charge is 0.261 e. The van der Waals surface area contributed by atoms with E-state index in [2.05, 4.69) is 44.2 Å². The summed E-state index contributed by atoms with van der Waals surface area (Å²) >= 11 is 1.72. The number of rotatable bonds is 7. The zero-order chi connectivity index (χ0) is 17.6. The SMILES string of the molecule is CCC(CC)(CNC(=O)c1cc2c(s1)CCCCCC2)CN(C)C. The van der Waals surface area contributed by atoms with E-state index in [0.29, 0.717) is 0 Å². The summed E-state index contributed by atoms with van der Waals surface area (Å²) in [6.45, 7) is 6.24. The van der Waals surface area contributed by atoms with Gasteiger partial charge in [-0.15, -0.1) is 11.3 Å². The number of hydrogen-bond acceptors (Lipinski definition) is 3. The maximum absolute atomic E-state index is 12.7. The van der Waals surface area contributed by atoms with Crippen molar-refractivity contribution < 1.29 is 4.79 Å². The predicted octanol–water partition coefficient (Wildman–Crippen LogP) is 4.50. The molecule has 1 aliphatic rings. The molecule has 0 aromatic carbocycles. The fourth-order valence-corrected chi connectivity index (χ4v) is 4.93. The normalized spacial score (nSPS) is 15.7. The largest absolute Gasteiger partial charge is 0.351 e. The van der Waals surface area contributed by atoms with Gasteiger partial charge < -0.3 is 10.2 Å². The Bertz CT molecular complexity index is 506. The highest BCUT2D eigenvalue weighted by Gasteiger charge is 2.28. The van der Waals surface area contributed by atoms with Crippen molar-refractivity contribution in [3.63, 3.8) is 0 Å². The van der Waals surface area contributed by atoms with Crippen molar-refractivity contribution in [3.05, 3.63) is 21.4 Å². The third-order valence-corrected chi connectivity index (χ3v) is 6.73. The van der Waals surface area contributed by atoms with E-state index in [1.54, 1.807) is 11.3 Å². The van der Waals surface area contributed by atoms with Crippen LogP contribution in [0.25, 0.3) is 0 Å². The quantitative estimate of drug-likeness (QED) is 0.785. The predicted molar refractivity (Wildman–Crippen MR) is 104 cm³/mol. The molecule has 0 fully saturated rings. The molecule has 2 rings (SSSR count). The first-order valence-corrected chi connectivity index (χ1v) is 10.4. The molecule has 0 atom stereocenters. The van der Waals surface area contributed by atoms with Crippen molar-refractivity contribution >= 4 is 17.2 Å². The van der Waals surface area contributed by atoms with Crippen LogP contribution in [-0.2, 0) is 12.8 Å². The van der Waals surface area contributed by atoms with Crippen molar-refractivity contribution in [2.45, 2.75) is 65.2 Å². The van der Waals surface area contributed by atoms with Crippen LogP contribution in [0.15, 0.2) is 6.07 Å². The van der Waals surface area contributed by atoms with E-state index < -0.39 is 0 Å². The maximum atomic E-state index is 12.7. The van der Waals surface area contributed by atoms with Gasteiger partial charge in [-0.2, -0.15) is 0 Å². The number of aryl methyl sites for hydroxylation is 2. The lowest BCUT2D eigenvalue weighted by molar-refractivity contribution is 0.0913. The molecule has 0 unspecified atom stereocenters. The lowest BCUT2D eigenvalue weighted by Gasteiger charge is -2.34. The molecule has 136 valence electrons. The second-order valence-corrected chi connectivity index (χ2v) is 8.74. The van der Waals surface area contributed by atoms with Crippen LogP contribution in [0.4, 0.5) is 0 Å². The molecule has 1 aromatic rings. The zero-order valence-electron chi connectivity index (χ0n) is 15.9. The third kappa shape index (κ3) is 5.06. The Labute approximate surface area is 151 Å². The minimum atomic E-state index is 0.122. The summed E-state index contributed by atoms with van der Waals surface area (Å²) in [6.07, 6.45) is 9.67. The standard InChI is InChI=1S/C20H34N2OS/c1-5-20(6-2,15-22(3)4)14-21-19(23)18-13-16-11-9-7-8-10-12-17(16)24-18/h13H,5-12,14-15H2,1-4H3,(H,21,23). The second kappa shape index (κ2) is 9.00. The highest BCUT2D eigenvalue weighted by molar-refractivity contribution is 7.14. The summed E-state index contributed by atoms with van der Waals surface area (Å²) in [7, 11) is 4.22. The average Bonchev–Trinajstić information content (AvgIpc) is 2.93. The van der Waals surface area contributed by atoms with Gasteiger partial charge in [0.25, 0.3) is 5.91 Å². The zero-order valence-corrected chi connectivity index (χ0v) is 16.7. The highest BCUT2D eigenvalue weighted by atomic mass is 32.1. The lowest BCUT2D eigenvalue weighted by Crippen LogP contribution is -2.43. The summed E-state index contributed by atoms with van der Waals surface area (Å²) in [5.74, 6) is 0.122. The van der Waals surface area contributed by atoms with Crippen LogP contribution in [0.1, 0.15) is 72.5 Å². The Balaban J connectivity index is 2.02. The number of fused-ring (bicyclic) bond motifs is 1. The van der Waals surface area contributed by atoms with E-state index in [1.165, 1.54) is 36.1 Å². The van der Waals surface area contributed by atoms with Gasteiger partial charge >= 0.3 is 0 Å². The minimum Gasteiger partial charge on any atom is -0.351 e. The van der Waals surface area contributed by atoms with Crippen LogP contribution in [0.2, 0.25) is 0 Å². The summed E-state index contributed by atoms with van der Waals surface area (Å²) in [4.78, 5) is 17.3. The van der Waals surface area contributed by atoms with Crippen molar-refractivity contribution in [1.29, 1.82) is 0 Å². The number of thiophene rings is 1. The van der Waals surface area contributed by atoms with Crippen LogP contribution in [-0.4, -0.2) is 38.0 Å². The van der Waals surface area contributed by atoms with Gasteiger partial charge in [0.2, 0.25) is 0 Å². The van der Waals surface area contributed by atoms with E-state index in [0.717, 1.165) is 43.6 Å². The molecule has 0 aliphatic heterocycles. The van der Waals surface area contributed by atoms with Crippen LogP contribution < -0.4 is 5.32 Å². The summed E-state index contributed by atoms with van der Waals surface area (Å²) in [5, 5.41) is 3.23. The minimum absolute atomic E-state index is 0.122. The van der Waals surface area contributed by atoms with Gasteiger partial charge in [0.1, 0.15) is 0 Å². The molecular formula is C20H34N2OS. The van der Waals surface area contributed by atoms with E-state index in [-0.39, 0.29) is 11.3 Å². The Morgan fingerprint density at radius 3 is 2.46 bits per heavy atom. The Morgan fingerprint density at radius 2 is 1.83 bits per heavy atom. The highest BCUT2D eigenvalue weighted by Crippen LogP contribution is 2.29. The molecule has 24 heavy (non-hydrogen) atoms. The number of nitrogens with zero attached hydrogens (tertiary/aromatic N) is 1. The van der Waals surface area contributed by atoms with Gasteiger partial charge in [0.15, 0.2) is 0 Å². The number of carbonyl (C=O) groups is 1. The van der Waals surface area contributed by atoms with Crippen LogP contribution >= 0.6 is 11.3 Å².